The normalized spacial score (nSPS) is 14.1. The Kier molecular flexibility index (Phi) is 10.8. The molecule has 240 valence electrons. The van der Waals surface area contributed by atoms with E-state index in [4.69, 9.17) is 11.6 Å². The zero-order chi connectivity index (χ0) is 32.7. The smallest absolute Gasteiger partial charge is 0.264 e. The lowest BCUT2D eigenvalue weighted by molar-refractivity contribution is -0.140. The van der Waals surface area contributed by atoms with Crippen molar-refractivity contribution in [2.45, 2.75) is 69.5 Å². The van der Waals surface area contributed by atoms with Crippen molar-refractivity contribution < 1.29 is 18.0 Å². The third-order valence-corrected chi connectivity index (χ3v) is 10.7. The van der Waals surface area contributed by atoms with Crippen LogP contribution >= 0.6 is 11.6 Å². The van der Waals surface area contributed by atoms with Crippen molar-refractivity contribution in [3.8, 4) is 0 Å². The van der Waals surface area contributed by atoms with E-state index in [1.165, 1.54) is 17.0 Å². The minimum atomic E-state index is -4.19. The first-order valence-electron chi connectivity index (χ1n) is 15.6. The van der Waals surface area contributed by atoms with Gasteiger partial charge in [0.2, 0.25) is 11.8 Å². The van der Waals surface area contributed by atoms with Gasteiger partial charge in [-0.25, -0.2) is 8.42 Å². The van der Waals surface area contributed by atoms with Crippen LogP contribution in [0, 0.1) is 13.8 Å². The Morgan fingerprint density at radius 1 is 0.848 bits per heavy atom. The first kappa shape index (κ1) is 33.2. The predicted octanol–water partition coefficient (Wildman–Crippen LogP) is 6.85. The molecule has 2 amide bonds. The fourth-order valence-corrected chi connectivity index (χ4v) is 7.40. The summed E-state index contributed by atoms with van der Waals surface area (Å²) >= 11 is 6.47. The van der Waals surface area contributed by atoms with Crippen LogP contribution in [0.3, 0.4) is 0 Å². The Hall–Kier alpha value is -4.14. The second kappa shape index (κ2) is 15.0. The van der Waals surface area contributed by atoms with Gasteiger partial charge in [-0.05, 0) is 67.6 Å². The van der Waals surface area contributed by atoms with Gasteiger partial charge in [-0.2, -0.15) is 0 Å². The molecule has 1 atom stereocenters. The number of carbonyl (C=O) groups excluding carboxylic acids is 2. The number of nitrogens with one attached hydrogen (secondary N) is 1. The quantitative estimate of drug-likeness (QED) is 0.181. The third kappa shape index (κ3) is 8.17. The van der Waals surface area contributed by atoms with Gasteiger partial charge in [0.05, 0.1) is 10.6 Å². The average Bonchev–Trinajstić information content (AvgIpc) is 3.57. The van der Waals surface area contributed by atoms with Gasteiger partial charge in [0.1, 0.15) is 12.6 Å². The summed E-state index contributed by atoms with van der Waals surface area (Å²) in [6, 6.07) is 29.5. The van der Waals surface area contributed by atoms with E-state index in [0.717, 1.165) is 52.2 Å². The van der Waals surface area contributed by atoms with Gasteiger partial charge in [-0.1, -0.05) is 109 Å². The lowest BCUT2D eigenvalue weighted by Gasteiger charge is -2.34. The monoisotopic (exact) mass is 657 g/mol. The molecule has 0 unspecified atom stereocenters. The maximum absolute atomic E-state index is 14.6. The number of halogens is 1. The molecule has 7 nitrogen and oxygen atoms in total. The molecule has 0 bridgehead atoms. The summed E-state index contributed by atoms with van der Waals surface area (Å²) in [6.45, 7) is 3.42. The van der Waals surface area contributed by atoms with Crippen LogP contribution in [-0.4, -0.2) is 43.8 Å². The summed E-state index contributed by atoms with van der Waals surface area (Å²) in [6.07, 6.45) is 4.16. The molecule has 0 radical (unpaired) electrons. The van der Waals surface area contributed by atoms with Crippen molar-refractivity contribution >= 4 is 39.1 Å². The summed E-state index contributed by atoms with van der Waals surface area (Å²) in [7, 11) is -4.19. The van der Waals surface area contributed by atoms with E-state index in [2.05, 4.69) is 5.32 Å². The summed E-state index contributed by atoms with van der Waals surface area (Å²) in [5, 5.41) is 3.58. The highest BCUT2D eigenvalue weighted by molar-refractivity contribution is 7.92. The van der Waals surface area contributed by atoms with E-state index in [1.54, 1.807) is 36.4 Å². The van der Waals surface area contributed by atoms with Crippen LogP contribution in [0.25, 0.3) is 0 Å². The van der Waals surface area contributed by atoms with Crippen molar-refractivity contribution in [2.24, 2.45) is 0 Å². The molecule has 0 saturated heterocycles. The second-order valence-electron chi connectivity index (χ2n) is 12.0. The number of amides is 2. The molecular formula is C37H40ClN3O4S. The van der Waals surface area contributed by atoms with Crippen LogP contribution in [0.1, 0.15) is 47.9 Å². The minimum Gasteiger partial charge on any atom is -0.352 e. The maximum Gasteiger partial charge on any atom is 0.264 e. The first-order chi connectivity index (χ1) is 22.1. The zero-order valence-corrected chi connectivity index (χ0v) is 27.8. The fraction of sp³-hybridized carbons (Fsp3) is 0.297. The Bertz CT molecular complexity index is 1740. The van der Waals surface area contributed by atoms with Crippen LogP contribution in [0.2, 0.25) is 5.02 Å². The SMILES string of the molecule is Cc1ccc(CN(C(=O)CN(c2ccc(C)c(Cl)c2)S(=O)(=O)c2ccccc2)[C@@H](Cc2ccccc2)C(=O)NC2CCCC2)cc1. The number of hydrogen-bond donors (Lipinski definition) is 1. The number of anilines is 1. The molecule has 1 fully saturated rings. The molecular weight excluding hydrogens is 618 g/mol. The van der Waals surface area contributed by atoms with Gasteiger partial charge >= 0.3 is 0 Å². The van der Waals surface area contributed by atoms with Gasteiger partial charge < -0.3 is 10.2 Å². The van der Waals surface area contributed by atoms with Gasteiger partial charge in [0, 0.05) is 24.0 Å². The van der Waals surface area contributed by atoms with Crippen molar-refractivity contribution in [1.29, 1.82) is 0 Å². The molecule has 1 N–H and O–H groups in total. The molecule has 1 saturated carbocycles. The topological polar surface area (TPSA) is 86.8 Å². The number of carbonyl (C=O) groups is 2. The van der Waals surface area contributed by atoms with Crippen LogP contribution in [-0.2, 0) is 32.6 Å². The highest BCUT2D eigenvalue weighted by atomic mass is 35.5. The molecule has 0 spiro atoms. The molecule has 9 heteroatoms. The standard InChI is InChI=1S/C37H40ClN3O4S/c1-27-17-20-30(21-18-27)25-40(35(23-29-11-5-3-6-12-29)37(43)39-31-13-9-10-14-31)36(42)26-41(32-22-19-28(2)34(38)24-32)46(44,45)33-15-7-4-8-16-33/h3-8,11-12,15-22,24,31,35H,9-10,13-14,23,25-26H2,1-2H3,(H,39,43)/t35-/m0/s1. The van der Waals surface area contributed by atoms with Crippen molar-refractivity contribution in [2.75, 3.05) is 10.8 Å². The number of sulfonamides is 1. The second-order valence-corrected chi connectivity index (χ2v) is 14.2. The number of benzene rings is 4. The number of rotatable bonds is 12. The van der Waals surface area contributed by atoms with Gasteiger partial charge in [0.15, 0.2) is 0 Å². The van der Waals surface area contributed by atoms with E-state index in [-0.39, 0.29) is 35.5 Å². The van der Waals surface area contributed by atoms with E-state index in [1.807, 2.05) is 68.4 Å². The van der Waals surface area contributed by atoms with Crippen molar-refractivity contribution in [3.63, 3.8) is 0 Å². The lowest BCUT2D eigenvalue weighted by Crippen LogP contribution is -2.54. The third-order valence-electron chi connectivity index (χ3n) is 8.50. The zero-order valence-electron chi connectivity index (χ0n) is 26.2. The van der Waals surface area contributed by atoms with Crippen LogP contribution in [0.15, 0.2) is 108 Å². The summed E-state index contributed by atoms with van der Waals surface area (Å²) in [5.74, 6) is -0.744. The Balaban J connectivity index is 1.57. The first-order valence-corrected chi connectivity index (χ1v) is 17.5. The number of hydrogen-bond acceptors (Lipinski definition) is 4. The van der Waals surface area contributed by atoms with Crippen molar-refractivity contribution in [1.82, 2.24) is 10.2 Å². The number of nitrogens with zero attached hydrogens (tertiary/aromatic N) is 2. The number of aryl methyl sites for hydroxylation is 2. The predicted molar refractivity (Wildman–Crippen MR) is 183 cm³/mol. The molecule has 1 aliphatic carbocycles. The average molecular weight is 658 g/mol. The van der Waals surface area contributed by atoms with Gasteiger partial charge in [-0.3, -0.25) is 13.9 Å². The van der Waals surface area contributed by atoms with Crippen LogP contribution in [0.4, 0.5) is 5.69 Å². The lowest BCUT2D eigenvalue weighted by atomic mass is 10.0. The highest BCUT2D eigenvalue weighted by Gasteiger charge is 2.35. The molecule has 0 aromatic heterocycles. The Labute approximate surface area is 277 Å². The molecule has 1 aliphatic rings. The molecule has 4 aromatic carbocycles. The maximum atomic E-state index is 14.6. The molecule has 46 heavy (non-hydrogen) atoms. The van der Waals surface area contributed by atoms with E-state index >= 15 is 0 Å². The minimum absolute atomic E-state index is 0.0457. The van der Waals surface area contributed by atoms with E-state index < -0.39 is 28.5 Å². The van der Waals surface area contributed by atoms with Crippen LogP contribution < -0.4 is 9.62 Å². The fourth-order valence-electron chi connectivity index (χ4n) is 5.80. The van der Waals surface area contributed by atoms with Crippen LogP contribution in [0.5, 0.6) is 0 Å². The van der Waals surface area contributed by atoms with E-state index in [9.17, 15) is 18.0 Å². The van der Waals surface area contributed by atoms with Gasteiger partial charge in [0.25, 0.3) is 10.0 Å². The summed E-state index contributed by atoms with van der Waals surface area (Å²) in [5.41, 5.74) is 3.84. The summed E-state index contributed by atoms with van der Waals surface area (Å²) in [4.78, 5) is 30.3. The summed E-state index contributed by atoms with van der Waals surface area (Å²) < 4.78 is 29.4. The Morgan fingerprint density at radius 2 is 1.48 bits per heavy atom. The molecule has 5 rings (SSSR count). The van der Waals surface area contributed by atoms with Gasteiger partial charge in [-0.15, -0.1) is 0 Å². The molecule has 4 aromatic rings. The molecule has 0 aliphatic heterocycles. The highest BCUT2D eigenvalue weighted by Crippen LogP contribution is 2.29. The Morgan fingerprint density at radius 3 is 2.11 bits per heavy atom. The molecule has 0 heterocycles. The largest absolute Gasteiger partial charge is 0.352 e. The van der Waals surface area contributed by atoms with Crippen molar-refractivity contribution in [3.05, 3.63) is 130 Å². The van der Waals surface area contributed by atoms with E-state index in [0.29, 0.717) is 5.02 Å².